The minimum atomic E-state index is -0.219. The summed E-state index contributed by atoms with van der Waals surface area (Å²) in [5.74, 6) is 0.139. The van der Waals surface area contributed by atoms with Gasteiger partial charge < -0.3 is 15.4 Å². The highest BCUT2D eigenvalue weighted by atomic mass is 79.9. The van der Waals surface area contributed by atoms with Crippen LogP contribution in [0.25, 0.3) is 0 Å². The van der Waals surface area contributed by atoms with Gasteiger partial charge >= 0.3 is 0 Å². The number of rotatable bonds is 6. The van der Waals surface area contributed by atoms with E-state index in [1.54, 1.807) is 24.3 Å². The van der Waals surface area contributed by atoms with Crippen molar-refractivity contribution in [3.63, 3.8) is 0 Å². The van der Waals surface area contributed by atoms with Crippen LogP contribution in [-0.4, -0.2) is 18.4 Å². The molecular formula is C18H19BrN2O3. The first-order chi connectivity index (χ1) is 11.5. The number of carbonyl (C=O) groups excluding carboxylic acids is 2. The Kier molecular flexibility index (Phi) is 6.37. The van der Waals surface area contributed by atoms with Gasteiger partial charge in [-0.2, -0.15) is 0 Å². The first kappa shape index (κ1) is 18.0. The molecule has 0 spiro atoms. The number of benzene rings is 2. The fourth-order valence-electron chi connectivity index (χ4n) is 2.20. The molecule has 0 saturated carbocycles. The van der Waals surface area contributed by atoms with Gasteiger partial charge in [0, 0.05) is 23.2 Å². The van der Waals surface area contributed by atoms with Gasteiger partial charge in [0.05, 0.1) is 6.04 Å². The molecule has 0 heterocycles. The monoisotopic (exact) mass is 390 g/mol. The Labute approximate surface area is 149 Å². The Balaban J connectivity index is 1.89. The second-order valence-electron chi connectivity index (χ2n) is 5.31. The summed E-state index contributed by atoms with van der Waals surface area (Å²) in [6.45, 7) is 3.25. The van der Waals surface area contributed by atoms with Crippen LogP contribution in [0.15, 0.2) is 53.0 Å². The van der Waals surface area contributed by atoms with Gasteiger partial charge in [-0.1, -0.05) is 40.2 Å². The molecule has 2 aromatic carbocycles. The third kappa shape index (κ3) is 5.38. The SMILES string of the molecule is CC(=O)Nc1cccc(OCC(=O)N[C@@H](C)c2ccccc2Br)c1. The van der Waals surface area contributed by atoms with Crippen LogP contribution >= 0.6 is 15.9 Å². The van der Waals surface area contributed by atoms with Crippen molar-refractivity contribution >= 4 is 33.4 Å². The molecule has 0 aliphatic carbocycles. The fraction of sp³-hybridized carbons (Fsp3) is 0.222. The molecule has 5 nitrogen and oxygen atoms in total. The quantitative estimate of drug-likeness (QED) is 0.790. The van der Waals surface area contributed by atoms with E-state index in [0.717, 1.165) is 10.0 Å². The van der Waals surface area contributed by atoms with Crippen molar-refractivity contribution in [2.45, 2.75) is 19.9 Å². The minimum absolute atomic E-state index is 0.0989. The molecule has 0 radical (unpaired) electrons. The number of halogens is 1. The van der Waals surface area contributed by atoms with Crippen LogP contribution in [0.3, 0.4) is 0 Å². The number of anilines is 1. The number of hydrogen-bond acceptors (Lipinski definition) is 3. The molecule has 2 rings (SSSR count). The zero-order chi connectivity index (χ0) is 17.5. The van der Waals surface area contributed by atoms with Crippen molar-refractivity contribution in [2.75, 3.05) is 11.9 Å². The molecule has 0 aliphatic rings. The molecule has 2 aromatic rings. The Morgan fingerprint density at radius 3 is 2.62 bits per heavy atom. The lowest BCUT2D eigenvalue weighted by Crippen LogP contribution is -2.31. The third-order valence-electron chi connectivity index (χ3n) is 3.27. The van der Waals surface area contributed by atoms with E-state index in [-0.39, 0.29) is 24.5 Å². The minimum Gasteiger partial charge on any atom is -0.484 e. The molecule has 0 bridgehead atoms. The molecule has 0 fully saturated rings. The van der Waals surface area contributed by atoms with Gasteiger partial charge in [-0.15, -0.1) is 0 Å². The average molecular weight is 391 g/mol. The lowest BCUT2D eigenvalue weighted by molar-refractivity contribution is -0.123. The summed E-state index contributed by atoms with van der Waals surface area (Å²) in [7, 11) is 0. The number of hydrogen-bond donors (Lipinski definition) is 2. The topological polar surface area (TPSA) is 67.4 Å². The number of nitrogens with one attached hydrogen (secondary N) is 2. The standard InChI is InChI=1S/C18H19BrN2O3/c1-12(16-8-3-4-9-17(16)19)20-18(23)11-24-15-7-5-6-14(10-15)21-13(2)22/h3-10,12H,11H2,1-2H3,(H,20,23)(H,21,22)/t12-/m0/s1. The summed E-state index contributed by atoms with van der Waals surface area (Å²) in [6.07, 6.45) is 0. The van der Waals surface area contributed by atoms with E-state index in [4.69, 9.17) is 4.74 Å². The van der Waals surface area contributed by atoms with Crippen LogP contribution in [0, 0.1) is 0 Å². The maximum Gasteiger partial charge on any atom is 0.258 e. The van der Waals surface area contributed by atoms with Crippen LogP contribution in [0.5, 0.6) is 5.75 Å². The van der Waals surface area contributed by atoms with Gasteiger partial charge in [-0.3, -0.25) is 9.59 Å². The van der Waals surface area contributed by atoms with Gasteiger partial charge in [0.15, 0.2) is 6.61 Å². The molecule has 2 N–H and O–H groups in total. The summed E-state index contributed by atoms with van der Waals surface area (Å²) in [6, 6.07) is 14.5. The molecule has 0 aromatic heterocycles. The molecule has 126 valence electrons. The summed E-state index contributed by atoms with van der Waals surface area (Å²) in [5.41, 5.74) is 1.63. The molecular weight excluding hydrogens is 372 g/mol. The molecule has 24 heavy (non-hydrogen) atoms. The lowest BCUT2D eigenvalue weighted by atomic mass is 10.1. The van der Waals surface area contributed by atoms with Gasteiger partial charge in [0.1, 0.15) is 5.75 Å². The first-order valence-corrected chi connectivity index (χ1v) is 8.29. The molecule has 6 heteroatoms. The van der Waals surface area contributed by atoms with Crippen molar-refractivity contribution in [3.05, 3.63) is 58.6 Å². The third-order valence-corrected chi connectivity index (χ3v) is 4.00. The smallest absolute Gasteiger partial charge is 0.258 e. The largest absolute Gasteiger partial charge is 0.484 e. The maximum atomic E-state index is 12.1. The van der Waals surface area contributed by atoms with E-state index in [2.05, 4.69) is 26.6 Å². The Hall–Kier alpha value is -2.34. The van der Waals surface area contributed by atoms with Crippen LogP contribution in [0.1, 0.15) is 25.5 Å². The first-order valence-electron chi connectivity index (χ1n) is 7.50. The van der Waals surface area contributed by atoms with E-state index in [0.29, 0.717) is 11.4 Å². The van der Waals surface area contributed by atoms with Gasteiger partial charge in [0.25, 0.3) is 5.91 Å². The van der Waals surface area contributed by atoms with Gasteiger partial charge in [0.2, 0.25) is 5.91 Å². The van der Waals surface area contributed by atoms with E-state index in [1.165, 1.54) is 6.92 Å². The second-order valence-corrected chi connectivity index (χ2v) is 6.16. The van der Waals surface area contributed by atoms with E-state index in [9.17, 15) is 9.59 Å². The molecule has 0 unspecified atom stereocenters. The van der Waals surface area contributed by atoms with Crippen molar-refractivity contribution in [1.29, 1.82) is 0 Å². The van der Waals surface area contributed by atoms with E-state index in [1.807, 2.05) is 31.2 Å². The Morgan fingerprint density at radius 1 is 1.17 bits per heavy atom. The molecule has 2 amide bonds. The Morgan fingerprint density at radius 2 is 1.92 bits per heavy atom. The van der Waals surface area contributed by atoms with Crippen LogP contribution in [0.2, 0.25) is 0 Å². The predicted octanol–water partition coefficient (Wildman–Crippen LogP) is 3.66. The maximum absolute atomic E-state index is 12.1. The van der Waals surface area contributed by atoms with Crippen LogP contribution in [-0.2, 0) is 9.59 Å². The zero-order valence-electron chi connectivity index (χ0n) is 13.5. The van der Waals surface area contributed by atoms with Crippen LogP contribution < -0.4 is 15.4 Å². The van der Waals surface area contributed by atoms with E-state index >= 15 is 0 Å². The van der Waals surface area contributed by atoms with Gasteiger partial charge in [-0.25, -0.2) is 0 Å². The Bertz CT molecular complexity index is 734. The predicted molar refractivity (Wildman–Crippen MR) is 96.9 cm³/mol. The zero-order valence-corrected chi connectivity index (χ0v) is 15.1. The van der Waals surface area contributed by atoms with Crippen molar-refractivity contribution in [2.24, 2.45) is 0 Å². The highest BCUT2D eigenvalue weighted by molar-refractivity contribution is 9.10. The number of ether oxygens (including phenoxy) is 1. The summed E-state index contributed by atoms with van der Waals surface area (Å²) in [4.78, 5) is 23.1. The normalized spacial score (nSPS) is 11.5. The van der Waals surface area contributed by atoms with E-state index < -0.39 is 0 Å². The van der Waals surface area contributed by atoms with Crippen molar-refractivity contribution in [1.82, 2.24) is 5.32 Å². The number of amides is 2. The average Bonchev–Trinajstić information content (AvgIpc) is 2.53. The molecule has 0 saturated heterocycles. The second kappa shape index (κ2) is 8.49. The molecule has 1 atom stereocenters. The molecule has 0 aliphatic heterocycles. The summed E-state index contributed by atoms with van der Waals surface area (Å²) in [5, 5.41) is 5.56. The van der Waals surface area contributed by atoms with Crippen molar-refractivity contribution < 1.29 is 14.3 Å². The van der Waals surface area contributed by atoms with Gasteiger partial charge in [-0.05, 0) is 30.7 Å². The lowest BCUT2D eigenvalue weighted by Gasteiger charge is -2.16. The summed E-state index contributed by atoms with van der Waals surface area (Å²) >= 11 is 3.47. The highest BCUT2D eigenvalue weighted by Gasteiger charge is 2.12. The summed E-state index contributed by atoms with van der Waals surface area (Å²) < 4.78 is 6.43. The fourth-order valence-corrected chi connectivity index (χ4v) is 2.83. The van der Waals surface area contributed by atoms with Crippen molar-refractivity contribution in [3.8, 4) is 5.75 Å². The van der Waals surface area contributed by atoms with Crippen LogP contribution in [0.4, 0.5) is 5.69 Å². The highest BCUT2D eigenvalue weighted by Crippen LogP contribution is 2.22. The number of carbonyl (C=O) groups is 2.